The van der Waals surface area contributed by atoms with Crippen LogP contribution in [-0.2, 0) is 16.1 Å². The first-order valence-electron chi connectivity index (χ1n) is 10.8. The van der Waals surface area contributed by atoms with E-state index in [2.05, 4.69) is 5.32 Å². The molecule has 0 aliphatic heterocycles. The van der Waals surface area contributed by atoms with Crippen molar-refractivity contribution in [1.29, 1.82) is 0 Å². The molecule has 6 nitrogen and oxygen atoms in total. The van der Waals surface area contributed by atoms with Gasteiger partial charge in [-0.2, -0.15) is 0 Å². The predicted molar refractivity (Wildman–Crippen MR) is 122 cm³/mol. The van der Waals surface area contributed by atoms with E-state index in [1.54, 1.807) is 12.0 Å². The van der Waals surface area contributed by atoms with Gasteiger partial charge in [0, 0.05) is 12.6 Å². The summed E-state index contributed by atoms with van der Waals surface area (Å²) in [4.78, 5) is 27.7. The van der Waals surface area contributed by atoms with E-state index < -0.39 is 6.04 Å². The number of carbonyl (C=O) groups is 2. The van der Waals surface area contributed by atoms with Gasteiger partial charge in [-0.1, -0.05) is 43.7 Å². The number of hydrogen-bond donors (Lipinski definition) is 1. The van der Waals surface area contributed by atoms with Crippen molar-refractivity contribution in [3.8, 4) is 11.5 Å². The number of aryl methyl sites for hydroxylation is 1. The second kappa shape index (κ2) is 12.0. The molecule has 2 atom stereocenters. The molecule has 168 valence electrons. The Labute approximate surface area is 185 Å². The van der Waals surface area contributed by atoms with Gasteiger partial charge in [0.1, 0.15) is 17.5 Å². The standard InChI is InChI=1S/C25H34N2O4/c1-6-19(4)26-25(29)23(7-2)27(16-20-9-8-10-22(15-20)30-5)24(28)17-31-21-13-11-18(3)12-14-21/h8-15,19,23H,6-7,16-17H2,1-5H3,(H,26,29)/t19-,23-/m1/s1. The number of hydrogen-bond acceptors (Lipinski definition) is 4. The van der Waals surface area contributed by atoms with Gasteiger partial charge in [-0.05, 0) is 56.5 Å². The Morgan fingerprint density at radius 3 is 2.35 bits per heavy atom. The molecule has 0 saturated heterocycles. The molecule has 0 aliphatic carbocycles. The van der Waals surface area contributed by atoms with Gasteiger partial charge in [-0.15, -0.1) is 0 Å². The molecule has 1 N–H and O–H groups in total. The number of nitrogens with one attached hydrogen (secondary N) is 1. The van der Waals surface area contributed by atoms with Crippen LogP contribution in [0, 0.1) is 6.92 Å². The highest BCUT2D eigenvalue weighted by molar-refractivity contribution is 5.88. The zero-order chi connectivity index (χ0) is 22.8. The fraction of sp³-hybridized carbons (Fsp3) is 0.440. The first-order valence-corrected chi connectivity index (χ1v) is 10.8. The van der Waals surface area contributed by atoms with E-state index >= 15 is 0 Å². The average Bonchev–Trinajstić information content (AvgIpc) is 2.78. The third-order valence-electron chi connectivity index (χ3n) is 5.26. The molecule has 2 rings (SSSR count). The second-order valence-electron chi connectivity index (χ2n) is 7.72. The van der Waals surface area contributed by atoms with Gasteiger partial charge in [0.15, 0.2) is 6.61 Å². The summed E-state index contributed by atoms with van der Waals surface area (Å²) in [5.41, 5.74) is 2.00. The quantitative estimate of drug-likeness (QED) is 0.587. The van der Waals surface area contributed by atoms with Gasteiger partial charge in [-0.25, -0.2) is 0 Å². The number of amides is 2. The number of carbonyl (C=O) groups excluding carboxylic acids is 2. The third-order valence-corrected chi connectivity index (χ3v) is 5.26. The van der Waals surface area contributed by atoms with Crippen molar-refractivity contribution in [2.24, 2.45) is 0 Å². The van der Waals surface area contributed by atoms with E-state index in [0.29, 0.717) is 24.5 Å². The van der Waals surface area contributed by atoms with E-state index in [1.165, 1.54) is 0 Å². The molecule has 6 heteroatoms. The lowest BCUT2D eigenvalue weighted by molar-refractivity contribution is -0.143. The first kappa shape index (κ1) is 24.3. The fourth-order valence-electron chi connectivity index (χ4n) is 3.19. The number of methoxy groups -OCH3 is 1. The van der Waals surface area contributed by atoms with E-state index in [-0.39, 0.29) is 24.5 Å². The van der Waals surface area contributed by atoms with Crippen LogP contribution in [0.3, 0.4) is 0 Å². The number of nitrogens with zero attached hydrogens (tertiary/aromatic N) is 1. The number of ether oxygens (including phenoxy) is 2. The van der Waals surface area contributed by atoms with Gasteiger partial charge in [0.25, 0.3) is 5.91 Å². The Morgan fingerprint density at radius 1 is 1.03 bits per heavy atom. The average molecular weight is 427 g/mol. The highest BCUT2D eigenvalue weighted by Crippen LogP contribution is 2.18. The van der Waals surface area contributed by atoms with E-state index in [1.807, 2.05) is 76.2 Å². The Morgan fingerprint density at radius 2 is 1.74 bits per heavy atom. The summed E-state index contributed by atoms with van der Waals surface area (Å²) < 4.78 is 11.0. The minimum atomic E-state index is -0.589. The smallest absolute Gasteiger partial charge is 0.261 e. The molecule has 0 bridgehead atoms. The van der Waals surface area contributed by atoms with Crippen LogP contribution in [0.5, 0.6) is 11.5 Å². The SMILES string of the molecule is CC[C@@H](C)NC(=O)[C@@H](CC)N(Cc1cccc(OC)c1)C(=O)COc1ccc(C)cc1. The summed E-state index contributed by atoms with van der Waals surface area (Å²) in [6.07, 6.45) is 1.32. The van der Waals surface area contributed by atoms with Crippen LogP contribution in [0.15, 0.2) is 48.5 Å². The monoisotopic (exact) mass is 426 g/mol. The maximum absolute atomic E-state index is 13.2. The molecular weight excluding hydrogens is 392 g/mol. The molecule has 0 aliphatic rings. The Hall–Kier alpha value is -3.02. The molecule has 0 heterocycles. The molecule has 2 amide bonds. The second-order valence-corrected chi connectivity index (χ2v) is 7.72. The summed E-state index contributed by atoms with van der Waals surface area (Å²) in [6, 6.07) is 14.5. The van der Waals surface area contributed by atoms with Crippen LogP contribution in [0.4, 0.5) is 0 Å². The zero-order valence-electron chi connectivity index (χ0n) is 19.2. The summed E-state index contributed by atoms with van der Waals surface area (Å²) in [7, 11) is 1.60. The number of benzene rings is 2. The molecule has 0 aromatic heterocycles. The Bertz CT molecular complexity index is 851. The normalized spacial score (nSPS) is 12.5. The van der Waals surface area contributed by atoms with Crippen LogP contribution in [0.1, 0.15) is 44.7 Å². The molecular formula is C25H34N2O4. The van der Waals surface area contributed by atoms with Crippen LogP contribution in [-0.4, -0.2) is 42.5 Å². The van der Waals surface area contributed by atoms with Crippen molar-refractivity contribution in [3.05, 3.63) is 59.7 Å². The van der Waals surface area contributed by atoms with E-state index in [0.717, 1.165) is 17.5 Å². The maximum Gasteiger partial charge on any atom is 0.261 e. The zero-order valence-corrected chi connectivity index (χ0v) is 19.2. The molecule has 0 spiro atoms. The lowest BCUT2D eigenvalue weighted by atomic mass is 10.1. The van der Waals surface area contributed by atoms with Crippen LogP contribution in [0.25, 0.3) is 0 Å². The molecule has 2 aromatic rings. The fourth-order valence-corrected chi connectivity index (χ4v) is 3.19. The summed E-state index contributed by atoms with van der Waals surface area (Å²) in [5.74, 6) is 0.938. The lowest BCUT2D eigenvalue weighted by Crippen LogP contribution is -2.51. The number of rotatable bonds is 11. The van der Waals surface area contributed by atoms with Crippen molar-refractivity contribution in [1.82, 2.24) is 10.2 Å². The van der Waals surface area contributed by atoms with E-state index in [9.17, 15) is 9.59 Å². The van der Waals surface area contributed by atoms with Crippen molar-refractivity contribution < 1.29 is 19.1 Å². The third kappa shape index (κ3) is 7.31. The molecule has 0 saturated carbocycles. The van der Waals surface area contributed by atoms with Gasteiger partial charge < -0.3 is 19.7 Å². The Balaban J connectivity index is 2.22. The van der Waals surface area contributed by atoms with Gasteiger partial charge in [-0.3, -0.25) is 9.59 Å². The highest BCUT2D eigenvalue weighted by atomic mass is 16.5. The highest BCUT2D eigenvalue weighted by Gasteiger charge is 2.29. The summed E-state index contributed by atoms with van der Waals surface area (Å²) in [5, 5.41) is 3.01. The predicted octanol–water partition coefficient (Wildman–Crippen LogP) is 4.10. The Kier molecular flexibility index (Phi) is 9.38. The first-order chi connectivity index (χ1) is 14.9. The van der Waals surface area contributed by atoms with Gasteiger partial charge >= 0.3 is 0 Å². The molecule has 2 aromatic carbocycles. The van der Waals surface area contributed by atoms with Crippen molar-refractivity contribution in [2.45, 2.75) is 59.2 Å². The molecule has 0 unspecified atom stereocenters. The van der Waals surface area contributed by atoms with Gasteiger partial charge in [0.05, 0.1) is 7.11 Å². The van der Waals surface area contributed by atoms with Crippen molar-refractivity contribution in [3.63, 3.8) is 0 Å². The van der Waals surface area contributed by atoms with Gasteiger partial charge in [0.2, 0.25) is 5.91 Å². The van der Waals surface area contributed by atoms with Crippen LogP contribution in [0.2, 0.25) is 0 Å². The minimum absolute atomic E-state index is 0.0409. The minimum Gasteiger partial charge on any atom is -0.497 e. The lowest BCUT2D eigenvalue weighted by Gasteiger charge is -2.31. The molecule has 31 heavy (non-hydrogen) atoms. The van der Waals surface area contributed by atoms with Crippen LogP contribution < -0.4 is 14.8 Å². The summed E-state index contributed by atoms with van der Waals surface area (Å²) >= 11 is 0. The van der Waals surface area contributed by atoms with Crippen LogP contribution >= 0.6 is 0 Å². The summed E-state index contributed by atoms with van der Waals surface area (Å²) in [6.45, 7) is 8.03. The maximum atomic E-state index is 13.2. The van der Waals surface area contributed by atoms with Crippen molar-refractivity contribution in [2.75, 3.05) is 13.7 Å². The molecule has 0 radical (unpaired) electrons. The molecule has 0 fully saturated rings. The van der Waals surface area contributed by atoms with E-state index in [4.69, 9.17) is 9.47 Å². The topological polar surface area (TPSA) is 67.9 Å². The largest absolute Gasteiger partial charge is 0.497 e. The van der Waals surface area contributed by atoms with Crippen molar-refractivity contribution >= 4 is 11.8 Å².